The molecule has 0 spiro atoms. The highest BCUT2D eigenvalue weighted by Crippen LogP contribution is 2.31. The average molecular weight is 432 g/mol. The lowest BCUT2D eigenvalue weighted by molar-refractivity contribution is -0.136. The topological polar surface area (TPSA) is 60.9 Å². The first-order valence-electron chi connectivity index (χ1n) is 11.2. The first-order valence-corrected chi connectivity index (χ1v) is 11.6. The van der Waals surface area contributed by atoms with Gasteiger partial charge in [-0.05, 0) is 50.3 Å². The average Bonchev–Trinajstić information content (AvgIpc) is 3.02. The van der Waals surface area contributed by atoms with Gasteiger partial charge in [0.2, 0.25) is 11.8 Å². The van der Waals surface area contributed by atoms with Crippen molar-refractivity contribution in [3.8, 4) is 0 Å². The van der Waals surface area contributed by atoms with Gasteiger partial charge in [-0.1, -0.05) is 24.4 Å². The Kier molecular flexibility index (Phi) is 6.61. The molecule has 0 radical (unpaired) electrons. The van der Waals surface area contributed by atoms with Gasteiger partial charge in [0, 0.05) is 50.6 Å². The van der Waals surface area contributed by atoms with Gasteiger partial charge in [-0.3, -0.25) is 14.4 Å². The molecular formula is C23H30ClN3O3. The van der Waals surface area contributed by atoms with Gasteiger partial charge in [0.1, 0.15) is 0 Å². The number of carbonyl (C=O) groups is 3. The molecule has 0 N–H and O–H groups in total. The molecule has 0 unspecified atom stereocenters. The van der Waals surface area contributed by atoms with Crippen molar-refractivity contribution >= 4 is 35.0 Å². The normalized spacial score (nSPS) is 21.1. The Morgan fingerprint density at radius 2 is 1.57 bits per heavy atom. The minimum atomic E-state index is -0.0553. The highest BCUT2D eigenvalue weighted by atomic mass is 35.5. The zero-order chi connectivity index (χ0) is 21.1. The zero-order valence-corrected chi connectivity index (χ0v) is 18.2. The third-order valence-electron chi connectivity index (χ3n) is 6.61. The number of piperidine rings is 1. The maximum atomic E-state index is 13.1. The van der Waals surface area contributed by atoms with Crippen LogP contribution in [-0.2, 0) is 9.59 Å². The molecule has 3 aliphatic heterocycles. The first kappa shape index (κ1) is 21.2. The Morgan fingerprint density at radius 1 is 0.867 bits per heavy atom. The molecule has 0 bridgehead atoms. The lowest BCUT2D eigenvalue weighted by Crippen LogP contribution is -2.44. The van der Waals surface area contributed by atoms with E-state index >= 15 is 0 Å². The third-order valence-corrected chi connectivity index (χ3v) is 6.93. The van der Waals surface area contributed by atoms with Gasteiger partial charge in [-0.15, -0.1) is 0 Å². The second-order valence-corrected chi connectivity index (χ2v) is 9.03. The van der Waals surface area contributed by atoms with Crippen LogP contribution in [0, 0.1) is 5.92 Å². The highest BCUT2D eigenvalue weighted by Gasteiger charge is 2.31. The molecule has 30 heavy (non-hydrogen) atoms. The summed E-state index contributed by atoms with van der Waals surface area (Å²) in [5.74, 6) is 0.287. The van der Waals surface area contributed by atoms with E-state index in [0.717, 1.165) is 32.4 Å². The number of hydrogen-bond acceptors (Lipinski definition) is 3. The molecule has 0 saturated carbocycles. The van der Waals surface area contributed by atoms with Crippen LogP contribution < -0.4 is 4.90 Å². The molecule has 162 valence electrons. The second kappa shape index (κ2) is 9.38. The number of amides is 3. The molecule has 3 saturated heterocycles. The molecule has 3 amide bonds. The number of nitrogens with zero attached hydrogens (tertiary/aromatic N) is 3. The summed E-state index contributed by atoms with van der Waals surface area (Å²) in [6.45, 7) is 3.56. The fourth-order valence-corrected chi connectivity index (χ4v) is 5.04. The first-order chi connectivity index (χ1) is 14.5. The monoisotopic (exact) mass is 431 g/mol. The number of halogens is 1. The lowest BCUT2D eigenvalue weighted by atomic mass is 9.94. The molecule has 1 aromatic rings. The van der Waals surface area contributed by atoms with Crippen molar-refractivity contribution in [3.05, 3.63) is 28.8 Å². The van der Waals surface area contributed by atoms with Crippen LogP contribution in [0.3, 0.4) is 0 Å². The number of rotatable bonds is 3. The summed E-state index contributed by atoms with van der Waals surface area (Å²) in [6, 6.07) is 5.16. The van der Waals surface area contributed by atoms with Crippen molar-refractivity contribution in [2.24, 2.45) is 5.92 Å². The van der Waals surface area contributed by atoms with Gasteiger partial charge in [-0.25, -0.2) is 0 Å². The quantitative estimate of drug-likeness (QED) is 0.732. The predicted octanol–water partition coefficient (Wildman–Crippen LogP) is 3.72. The van der Waals surface area contributed by atoms with Gasteiger partial charge in [0.15, 0.2) is 0 Å². The molecular weight excluding hydrogens is 402 g/mol. The molecule has 7 heteroatoms. The van der Waals surface area contributed by atoms with Crippen LogP contribution in [0.15, 0.2) is 18.2 Å². The molecule has 3 aliphatic rings. The zero-order valence-electron chi connectivity index (χ0n) is 17.4. The van der Waals surface area contributed by atoms with Gasteiger partial charge < -0.3 is 14.7 Å². The number of likely N-dealkylation sites (tertiary alicyclic amines) is 2. The van der Waals surface area contributed by atoms with Gasteiger partial charge in [0.05, 0.1) is 10.7 Å². The Labute approximate surface area is 183 Å². The molecule has 3 heterocycles. The predicted molar refractivity (Wildman–Crippen MR) is 117 cm³/mol. The molecule has 0 aromatic heterocycles. The molecule has 4 rings (SSSR count). The van der Waals surface area contributed by atoms with Crippen LogP contribution >= 0.6 is 11.6 Å². The van der Waals surface area contributed by atoms with Crippen LogP contribution in [0.5, 0.6) is 0 Å². The third kappa shape index (κ3) is 4.48. The fraction of sp³-hybridized carbons (Fsp3) is 0.609. The van der Waals surface area contributed by atoms with Crippen LogP contribution in [0.1, 0.15) is 61.7 Å². The van der Waals surface area contributed by atoms with Crippen LogP contribution in [0.4, 0.5) is 5.69 Å². The minimum Gasteiger partial charge on any atom is -0.342 e. The van der Waals surface area contributed by atoms with Crippen LogP contribution in [0.2, 0.25) is 5.02 Å². The van der Waals surface area contributed by atoms with Crippen molar-refractivity contribution in [3.63, 3.8) is 0 Å². The lowest BCUT2D eigenvalue weighted by Gasteiger charge is -2.34. The minimum absolute atomic E-state index is 0.0233. The number of hydrogen-bond donors (Lipinski definition) is 0. The van der Waals surface area contributed by atoms with Crippen molar-refractivity contribution < 1.29 is 14.4 Å². The smallest absolute Gasteiger partial charge is 0.253 e. The van der Waals surface area contributed by atoms with E-state index in [9.17, 15) is 14.4 Å². The van der Waals surface area contributed by atoms with Crippen molar-refractivity contribution in [2.75, 3.05) is 37.6 Å². The largest absolute Gasteiger partial charge is 0.342 e. The van der Waals surface area contributed by atoms with E-state index in [2.05, 4.69) is 0 Å². The van der Waals surface area contributed by atoms with E-state index < -0.39 is 0 Å². The van der Waals surface area contributed by atoms with E-state index in [1.165, 1.54) is 12.8 Å². The maximum absolute atomic E-state index is 13.1. The summed E-state index contributed by atoms with van der Waals surface area (Å²) in [6.07, 6.45) is 7.38. The van der Waals surface area contributed by atoms with Crippen molar-refractivity contribution in [2.45, 2.75) is 51.4 Å². The molecule has 0 atom stereocenters. The Bertz CT molecular complexity index is 812. The standard InChI is InChI=1S/C23H30ClN3O3/c24-19-8-7-18(16-20(19)27-13-5-6-21(27)28)23(30)26-14-9-17(10-15-26)22(29)25-11-3-1-2-4-12-25/h7-8,16-17H,1-6,9-15H2. The van der Waals surface area contributed by atoms with E-state index in [-0.39, 0.29) is 23.6 Å². The summed E-state index contributed by atoms with van der Waals surface area (Å²) in [4.78, 5) is 43.6. The maximum Gasteiger partial charge on any atom is 0.253 e. The number of carbonyl (C=O) groups excluding carboxylic acids is 3. The Hall–Kier alpha value is -2.08. The molecule has 3 fully saturated rings. The number of benzene rings is 1. The molecule has 0 aliphatic carbocycles. The fourth-order valence-electron chi connectivity index (χ4n) is 4.82. The summed E-state index contributed by atoms with van der Waals surface area (Å²) < 4.78 is 0. The summed E-state index contributed by atoms with van der Waals surface area (Å²) in [7, 11) is 0. The van der Waals surface area contributed by atoms with E-state index in [4.69, 9.17) is 11.6 Å². The summed E-state index contributed by atoms with van der Waals surface area (Å²) in [5, 5.41) is 0.489. The summed E-state index contributed by atoms with van der Waals surface area (Å²) in [5.41, 5.74) is 1.17. The van der Waals surface area contributed by atoms with Gasteiger partial charge >= 0.3 is 0 Å². The van der Waals surface area contributed by atoms with E-state index in [1.54, 1.807) is 23.1 Å². The van der Waals surface area contributed by atoms with Crippen molar-refractivity contribution in [1.29, 1.82) is 0 Å². The molecule has 1 aromatic carbocycles. The van der Waals surface area contributed by atoms with Crippen molar-refractivity contribution in [1.82, 2.24) is 9.80 Å². The van der Waals surface area contributed by atoms with Gasteiger partial charge in [0.25, 0.3) is 5.91 Å². The molecule has 6 nitrogen and oxygen atoms in total. The summed E-state index contributed by atoms with van der Waals surface area (Å²) >= 11 is 6.31. The van der Waals surface area contributed by atoms with E-state index in [1.807, 2.05) is 9.80 Å². The van der Waals surface area contributed by atoms with E-state index in [0.29, 0.717) is 55.2 Å². The number of anilines is 1. The van der Waals surface area contributed by atoms with Crippen LogP contribution in [0.25, 0.3) is 0 Å². The Morgan fingerprint density at radius 3 is 2.20 bits per heavy atom. The SMILES string of the molecule is O=C(c1ccc(Cl)c(N2CCCC2=O)c1)N1CCC(C(=O)N2CCCCCC2)CC1. The van der Waals surface area contributed by atoms with Crippen LogP contribution in [-0.4, -0.2) is 60.2 Å². The highest BCUT2D eigenvalue weighted by molar-refractivity contribution is 6.34. The Balaban J connectivity index is 1.38. The van der Waals surface area contributed by atoms with Gasteiger partial charge in [-0.2, -0.15) is 0 Å². The second-order valence-electron chi connectivity index (χ2n) is 8.62.